The maximum absolute atomic E-state index is 9.88. The molecule has 1 atom stereocenters. The molecule has 0 aromatic carbocycles. The van der Waals surface area contributed by atoms with Gasteiger partial charge in [0.25, 0.3) is 0 Å². The van der Waals surface area contributed by atoms with Gasteiger partial charge in [-0.2, -0.15) is 0 Å². The van der Waals surface area contributed by atoms with E-state index in [9.17, 15) is 4.79 Å². The first-order chi connectivity index (χ1) is 4.16. The largest absolute Gasteiger partial charge is 0.481 e. The van der Waals surface area contributed by atoms with Gasteiger partial charge in [-0.25, -0.2) is 0 Å². The van der Waals surface area contributed by atoms with E-state index in [1.165, 1.54) is 0 Å². The summed E-state index contributed by atoms with van der Waals surface area (Å²) in [6.07, 6.45) is -0.315. The van der Waals surface area contributed by atoms with Crippen molar-refractivity contribution in [3.63, 3.8) is 0 Å². The molecule has 0 saturated heterocycles. The van der Waals surface area contributed by atoms with Gasteiger partial charge < -0.3 is 10.2 Å². The Hall–Kier alpha value is -0.505. The first-order valence-electron chi connectivity index (χ1n) is 2.76. The molecule has 0 bridgehead atoms. The smallest absolute Gasteiger partial charge is 0.305 e. The third-order valence-electron chi connectivity index (χ3n) is 0.910. The second kappa shape index (κ2) is 4.38. The maximum Gasteiger partial charge on any atom is 0.305 e. The molecule has 0 aromatic rings. The number of carboxylic acids is 1. The molecule has 0 aliphatic heterocycles. The highest BCUT2D eigenvalue weighted by atomic mass is 16.4. The van der Waals surface area contributed by atoms with E-state index >= 15 is 0 Å². The summed E-state index contributed by atoms with van der Waals surface area (Å²) in [5.41, 5.74) is 0. The average molecular weight is 128 g/mol. The van der Waals surface area contributed by atoms with Gasteiger partial charge in [0.2, 0.25) is 0 Å². The molecule has 9 heavy (non-hydrogen) atoms. The fourth-order valence-corrected chi connectivity index (χ4v) is 0.496. The van der Waals surface area contributed by atoms with Gasteiger partial charge in [0.1, 0.15) is 0 Å². The molecular formula is C5H9BO3. The molecule has 1 unspecified atom stereocenters. The minimum Gasteiger partial charge on any atom is -0.481 e. The highest BCUT2D eigenvalue weighted by Crippen LogP contribution is 1.98. The zero-order valence-electron chi connectivity index (χ0n) is 5.08. The fraction of sp³-hybridized carbons (Fsp3) is 0.800. The third kappa shape index (κ3) is 5.36. The van der Waals surface area contributed by atoms with Crippen LogP contribution in [-0.2, 0) is 4.79 Å². The lowest BCUT2D eigenvalue weighted by Crippen LogP contribution is -2.12. The van der Waals surface area contributed by atoms with Crippen molar-refractivity contribution in [2.45, 2.75) is 25.3 Å². The van der Waals surface area contributed by atoms with Crippen LogP contribution in [0.15, 0.2) is 0 Å². The molecular weight excluding hydrogens is 119 g/mol. The van der Waals surface area contributed by atoms with E-state index in [2.05, 4.69) is 0 Å². The Morgan fingerprint density at radius 2 is 2.22 bits per heavy atom. The Morgan fingerprint density at radius 1 is 1.67 bits per heavy atom. The van der Waals surface area contributed by atoms with Crippen molar-refractivity contribution in [2.75, 3.05) is 0 Å². The molecule has 0 rings (SSSR count). The van der Waals surface area contributed by atoms with Crippen molar-refractivity contribution in [3.05, 3.63) is 0 Å². The molecule has 50 valence electrons. The Bertz CT molecular complexity index is 94.2. The van der Waals surface area contributed by atoms with E-state index in [4.69, 9.17) is 18.1 Å². The van der Waals surface area contributed by atoms with E-state index in [1.54, 1.807) is 0 Å². The summed E-state index contributed by atoms with van der Waals surface area (Å²) < 4.78 is 0. The van der Waals surface area contributed by atoms with E-state index < -0.39 is 12.1 Å². The first kappa shape index (κ1) is 8.49. The van der Waals surface area contributed by atoms with E-state index in [1.807, 2.05) is 0 Å². The fourth-order valence-electron chi connectivity index (χ4n) is 0.496. The van der Waals surface area contributed by atoms with Crippen LogP contribution in [0.25, 0.3) is 0 Å². The number of carbonyl (C=O) groups is 1. The van der Waals surface area contributed by atoms with Crippen LogP contribution in [0.1, 0.15) is 12.8 Å². The first-order valence-corrected chi connectivity index (χ1v) is 2.76. The Kier molecular flexibility index (Phi) is 4.14. The molecule has 0 heterocycles. The highest BCUT2D eigenvalue weighted by Gasteiger charge is 2.06. The predicted octanol–water partition coefficient (Wildman–Crippen LogP) is -0.201. The highest BCUT2D eigenvalue weighted by molar-refractivity contribution is 6.08. The van der Waals surface area contributed by atoms with Crippen LogP contribution >= 0.6 is 0 Å². The molecule has 0 aliphatic carbocycles. The van der Waals surface area contributed by atoms with Gasteiger partial charge in [0.15, 0.2) is 0 Å². The van der Waals surface area contributed by atoms with Crippen LogP contribution in [0.3, 0.4) is 0 Å². The third-order valence-corrected chi connectivity index (χ3v) is 0.910. The van der Waals surface area contributed by atoms with Crippen LogP contribution in [0.4, 0.5) is 0 Å². The lowest BCUT2D eigenvalue weighted by molar-refractivity contribution is -0.139. The zero-order chi connectivity index (χ0) is 7.28. The second-order valence-corrected chi connectivity index (χ2v) is 1.83. The minimum absolute atomic E-state index is 0.211. The van der Waals surface area contributed by atoms with Crippen molar-refractivity contribution < 1.29 is 15.0 Å². The van der Waals surface area contributed by atoms with Crippen molar-refractivity contribution in [1.82, 2.24) is 0 Å². The summed E-state index contributed by atoms with van der Waals surface area (Å²) in [7, 11) is 5.05. The van der Waals surface area contributed by atoms with Gasteiger partial charge in [-0.3, -0.25) is 4.79 Å². The standard InChI is InChI=1S/C5H9BO3/c6-2-1-4(7)3-5(8)9/h4,7H,1-3H2,(H,8,9). The summed E-state index contributed by atoms with van der Waals surface area (Å²) in [6, 6.07) is 0. The van der Waals surface area contributed by atoms with Gasteiger partial charge in [-0.15, -0.1) is 0 Å². The van der Waals surface area contributed by atoms with Crippen molar-refractivity contribution in [1.29, 1.82) is 0 Å². The lowest BCUT2D eigenvalue weighted by atomic mass is 9.98. The van der Waals surface area contributed by atoms with Crippen LogP contribution in [0.5, 0.6) is 0 Å². The van der Waals surface area contributed by atoms with Crippen molar-refractivity contribution in [3.8, 4) is 0 Å². The number of hydrogen-bond donors (Lipinski definition) is 2. The summed E-state index contributed by atoms with van der Waals surface area (Å²) in [5.74, 6) is -0.990. The lowest BCUT2D eigenvalue weighted by Gasteiger charge is -2.03. The summed E-state index contributed by atoms with van der Waals surface area (Å²) in [6.45, 7) is 0. The van der Waals surface area contributed by atoms with Crippen LogP contribution in [-0.4, -0.2) is 30.1 Å². The van der Waals surface area contributed by atoms with Gasteiger partial charge in [0.05, 0.1) is 20.4 Å². The molecule has 3 nitrogen and oxygen atoms in total. The average Bonchev–Trinajstić information content (AvgIpc) is 1.63. The summed E-state index contributed by atoms with van der Waals surface area (Å²) >= 11 is 0. The van der Waals surface area contributed by atoms with Crippen LogP contribution < -0.4 is 0 Å². The molecule has 2 radical (unpaired) electrons. The normalized spacial score (nSPS) is 13.0. The predicted molar refractivity (Wildman–Crippen MR) is 33.4 cm³/mol. The second-order valence-electron chi connectivity index (χ2n) is 1.83. The molecule has 0 amide bonds. The number of rotatable bonds is 4. The molecule has 0 fully saturated rings. The molecule has 4 heteroatoms. The monoisotopic (exact) mass is 128 g/mol. The Morgan fingerprint density at radius 3 is 2.56 bits per heavy atom. The number of aliphatic carboxylic acids is 1. The molecule has 2 N–H and O–H groups in total. The maximum atomic E-state index is 9.88. The molecule has 0 aromatic heterocycles. The van der Waals surface area contributed by atoms with E-state index in [-0.39, 0.29) is 6.42 Å². The molecule has 0 spiro atoms. The van der Waals surface area contributed by atoms with Crippen molar-refractivity contribution in [2.24, 2.45) is 0 Å². The molecule has 0 saturated carbocycles. The van der Waals surface area contributed by atoms with Gasteiger partial charge >= 0.3 is 5.97 Å². The van der Waals surface area contributed by atoms with Gasteiger partial charge in [-0.05, 0) is 6.42 Å². The summed E-state index contributed by atoms with van der Waals surface area (Å²) in [4.78, 5) is 9.88. The number of hydrogen-bond acceptors (Lipinski definition) is 2. The van der Waals surface area contributed by atoms with Crippen LogP contribution in [0, 0.1) is 0 Å². The SMILES string of the molecule is [B]CCC(O)CC(=O)O. The number of aliphatic hydroxyl groups is 1. The summed E-state index contributed by atoms with van der Waals surface area (Å²) in [5, 5.41) is 16.9. The molecule has 0 aliphatic rings. The quantitative estimate of drug-likeness (QED) is 0.515. The Balaban J connectivity index is 3.26. The van der Waals surface area contributed by atoms with Crippen LogP contribution in [0.2, 0.25) is 6.32 Å². The topological polar surface area (TPSA) is 57.5 Å². The van der Waals surface area contributed by atoms with E-state index in [0.717, 1.165) is 0 Å². The zero-order valence-corrected chi connectivity index (χ0v) is 5.08. The van der Waals surface area contributed by atoms with Gasteiger partial charge in [-0.1, -0.05) is 6.32 Å². The van der Waals surface area contributed by atoms with E-state index in [0.29, 0.717) is 12.7 Å². The Labute approximate surface area is 55.1 Å². The number of aliphatic hydroxyl groups excluding tert-OH is 1. The number of carboxylic acid groups (broad SMARTS) is 1. The van der Waals surface area contributed by atoms with Gasteiger partial charge in [0, 0.05) is 0 Å². The minimum atomic E-state index is -0.990. The van der Waals surface area contributed by atoms with Crippen molar-refractivity contribution >= 4 is 13.8 Å².